The lowest BCUT2D eigenvalue weighted by Crippen LogP contribution is -2.20. The van der Waals surface area contributed by atoms with Gasteiger partial charge in [0.2, 0.25) is 0 Å². The minimum atomic E-state index is 0.516. The number of nitrogens with zero attached hydrogens (tertiary/aromatic N) is 1. The maximum absolute atomic E-state index is 8.54. The summed E-state index contributed by atoms with van der Waals surface area (Å²) in [6.45, 7) is 5.06. The van der Waals surface area contributed by atoms with Crippen LogP contribution in [0.1, 0.15) is 31.7 Å². The van der Waals surface area contributed by atoms with Crippen molar-refractivity contribution in [2.24, 2.45) is 0 Å². The molecule has 0 unspecified atom stereocenters. The Balaban J connectivity index is 2.10. The quantitative estimate of drug-likeness (QED) is 0.782. The number of hydrogen-bond acceptors (Lipinski definition) is 4. The maximum Gasteiger partial charge on any atom is 0.161 e. The third kappa shape index (κ3) is 4.51. The van der Waals surface area contributed by atoms with Crippen LogP contribution >= 0.6 is 0 Å². The summed E-state index contributed by atoms with van der Waals surface area (Å²) in [4.78, 5) is 0. The second kappa shape index (κ2) is 8.33. The van der Waals surface area contributed by atoms with Crippen LogP contribution in [0.5, 0.6) is 11.5 Å². The minimum Gasteiger partial charge on any atom is -0.490 e. The van der Waals surface area contributed by atoms with Crippen molar-refractivity contribution in [1.29, 1.82) is 5.26 Å². The van der Waals surface area contributed by atoms with Crippen molar-refractivity contribution >= 4 is 5.57 Å². The minimum absolute atomic E-state index is 0.516. The molecule has 1 aliphatic rings. The molecule has 2 rings (SSSR count). The number of rotatable bonds is 7. The van der Waals surface area contributed by atoms with E-state index in [4.69, 9.17) is 14.7 Å². The molecule has 21 heavy (non-hydrogen) atoms. The third-order valence-corrected chi connectivity index (χ3v) is 3.37. The highest BCUT2D eigenvalue weighted by molar-refractivity contribution is 5.69. The van der Waals surface area contributed by atoms with Crippen molar-refractivity contribution in [3.8, 4) is 17.6 Å². The summed E-state index contributed by atoms with van der Waals surface area (Å²) >= 11 is 0. The van der Waals surface area contributed by atoms with Crippen LogP contribution in [0, 0.1) is 11.3 Å². The molecule has 0 saturated heterocycles. The number of unbranched alkanes of at least 4 members (excludes halogenated alkanes) is 1. The van der Waals surface area contributed by atoms with E-state index < -0.39 is 0 Å². The zero-order valence-electron chi connectivity index (χ0n) is 12.5. The molecular weight excluding hydrogens is 264 g/mol. The van der Waals surface area contributed by atoms with Crippen molar-refractivity contribution < 1.29 is 9.47 Å². The standard InChI is InChI=1S/C17H22N2O2/c1-2-20-17-13-15(14-7-10-19-11-8-14)5-6-16(17)21-12-4-3-9-18/h5-7,13,19H,2-4,8,10-12H2,1H3. The zero-order valence-corrected chi connectivity index (χ0v) is 12.5. The van der Waals surface area contributed by atoms with E-state index in [9.17, 15) is 0 Å². The number of ether oxygens (including phenoxy) is 2. The Kier molecular flexibility index (Phi) is 6.11. The van der Waals surface area contributed by atoms with Gasteiger partial charge < -0.3 is 14.8 Å². The first-order chi connectivity index (χ1) is 10.3. The Morgan fingerprint density at radius 3 is 2.90 bits per heavy atom. The highest BCUT2D eigenvalue weighted by Crippen LogP contribution is 2.32. The molecule has 0 aliphatic carbocycles. The molecule has 1 N–H and O–H groups in total. The van der Waals surface area contributed by atoms with Crippen LogP contribution in [0.2, 0.25) is 0 Å². The second-order valence-corrected chi connectivity index (χ2v) is 4.89. The van der Waals surface area contributed by atoms with Crippen LogP contribution in [0.15, 0.2) is 24.3 Å². The van der Waals surface area contributed by atoms with Gasteiger partial charge >= 0.3 is 0 Å². The van der Waals surface area contributed by atoms with E-state index in [1.807, 2.05) is 13.0 Å². The van der Waals surface area contributed by atoms with E-state index >= 15 is 0 Å². The fraction of sp³-hybridized carbons (Fsp3) is 0.471. The average molecular weight is 286 g/mol. The summed E-state index contributed by atoms with van der Waals surface area (Å²) in [6.07, 6.45) is 4.51. The lowest BCUT2D eigenvalue weighted by atomic mass is 10.00. The molecule has 4 nitrogen and oxygen atoms in total. The Morgan fingerprint density at radius 1 is 1.29 bits per heavy atom. The van der Waals surface area contributed by atoms with Crippen LogP contribution in [0.3, 0.4) is 0 Å². The van der Waals surface area contributed by atoms with Crippen LogP contribution in [0.4, 0.5) is 0 Å². The first-order valence-electron chi connectivity index (χ1n) is 7.52. The van der Waals surface area contributed by atoms with Gasteiger partial charge in [0.05, 0.1) is 19.3 Å². The predicted octanol–water partition coefficient (Wildman–Crippen LogP) is 3.14. The first-order valence-corrected chi connectivity index (χ1v) is 7.52. The van der Waals surface area contributed by atoms with Gasteiger partial charge in [-0.3, -0.25) is 0 Å². The lowest BCUT2D eigenvalue weighted by molar-refractivity contribution is 0.274. The Labute approximate surface area is 126 Å². The number of nitriles is 1. The van der Waals surface area contributed by atoms with E-state index in [0.29, 0.717) is 19.6 Å². The molecule has 0 saturated carbocycles. The second-order valence-electron chi connectivity index (χ2n) is 4.89. The van der Waals surface area contributed by atoms with E-state index in [2.05, 4.69) is 29.6 Å². The fourth-order valence-electron chi connectivity index (χ4n) is 2.31. The van der Waals surface area contributed by atoms with Crippen molar-refractivity contribution in [1.82, 2.24) is 5.32 Å². The topological polar surface area (TPSA) is 54.3 Å². The molecule has 0 atom stereocenters. The van der Waals surface area contributed by atoms with E-state index in [1.165, 1.54) is 11.1 Å². The van der Waals surface area contributed by atoms with Gasteiger partial charge in [0, 0.05) is 13.0 Å². The van der Waals surface area contributed by atoms with Gasteiger partial charge in [0.15, 0.2) is 11.5 Å². The molecule has 0 radical (unpaired) electrons. The van der Waals surface area contributed by atoms with Gasteiger partial charge in [-0.2, -0.15) is 5.26 Å². The van der Waals surface area contributed by atoms with Crippen LogP contribution < -0.4 is 14.8 Å². The molecule has 4 heteroatoms. The van der Waals surface area contributed by atoms with Gasteiger partial charge in [-0.25, -0.2) is 0 Å². The van der Waals surface area contributed by atoms with Crippen LogP contribution in [0.25, 0.3) is 5.57 Å². The molecule has 0 bridgehead atoms. The smallest absolute Gasteiger partial charge is 0.161 e. The molecule has 1 heterocycles. The van der Waals surface area contributed by atoms with Crippen LogP contribution in [-0.4, -0.2) is 26.3 Å². The summed E-state index contributed by atoms with van der Waals surface area (Å²) in [5.74, 6) is 1.54. The van der Waals surface area contributed by atoms with E-state index in [1.54, 1.807) is 0 Å². The van der Waals surface area contributed by atoms with Gasteiger partial charge in [0.1, 0.15) is 0 Å². The Morgan fingerprint density at radius 2 is 2.19 bits per heavy atom. The number of hydrogen-bond donors (Lipinski definition) is 1. The molecular formula is C17H22N2O2. The molecule has 0 spiro atoms. The average Bonchev–Trinajstić information content (AvgIpc) is 2.54. The summed E-state index contributed by atoms with van der Waals surface area (Å²) in [5.41, 5.74) is 2.55. The van der Waals surface area contributed by atoms with Crippen molar-refractivity contribution in [2.75, 3.05) is 26.3 Å². The van der Waals surface area contributed by atoms with Gasteiger partial charge in [0.25, 0.3) is 0 Å². The molecule has 1 aromatic rings. The van der Waals surface area contributed by atoms with Gasteiger partial charge in [-0.05, 0) is 49.6 Å². The molecule has 112 valence electrons. The Hall–Kier alpha value is -1.99. The highest BCUT2D eigenvalue weighted by Gasteiger charge is 2.11. The number of benzene rings is 1. The van der Waals surface area contributed by atoms with Crippen molar-refractivity contribution in [2.45, 2.75) is 26.2 Å². The van der Waals surface area contributed by atoms with Crippen molar-refractivity contribution in [3.05, 3.63) is 29.8 Å². The SMILES string of the molecule is CCOc1cc(C2=CCNCC2)ccc1OCCCC#N. The lowest BCUT2D eigenvalue weighted by Gasteiger charge is -2.17. The normalized spacial score (nSPS) is 14.2. The van der Waals surface area contributed by atoms with Gasteiger partial charge in [-0.1, -0.05) is 12.1 Å². The fourth-order valence-corrected chi connectivity index (χ4v) is 2.31. The van der Waals surface area contributed by atoms with Crippen LogP contribution in [-0.2, 0) is 0 Å². The summed E-state index contributed by atoms with van der Waals surface area (Å²) in [7, 11) is 0. The highest BCUT2D eigenvalue weighted by atomic mass is 16.5. The maximum atomic E-state index is 8.54. The first kappa shape index (κ1) is 15.4. The molecule has 1 aliphatic heterocycles. The molecule has 0 aromatic heterocycles. The zero-order chi connectivity index (χ0) is 14.9. The van der Waals surface area contributed by atoms with E-state index in [-0.39, 0.29) is 0 Å². The van der Waals surface area contributed by atoms with Crippen molar-refractivity contribution in [3.63, 3.8) is 0 Å². The molecule has 1 aromatic carbocycles. The van der Waals surface area contributed by atoms with Gasteiger partial charge in [-0.15, -0.1) is 0 Å². The Bertz CT molecular complexity index is 532. The third-order valence-electron chi connectivity index (χ3n) is 3.37. The summed E-state index contributed by atoms with van der Waals surface area (Å²) in [5, 5.41) is 11.9. The summed E-state index contributed by atoms with van der Waals surface area (Å²) in [6, 6.07) is 8.23. The molecule has 0 amide bonds. The predicted molar refractivity (Wildman–Crippen MR) is 83.4 cm³/mol. The van der Waals surface area contributed by atoms with E-state index in [0.717, 1.165) is 37.4 Å². The molecule has 0 fully saturated rings. The summed E-state index contributed by atoms with van der Waals surface area (Å²) < 4.78 is 11.4. The number of nitrogens with one attached hydrogen (secondary N) is 1. The monoisotopic (exact) mass is 286 g/mol. The largest absolute Gasteiger partial charge is 0.490 e.